The number of ether oxygens (including phenoxy) is 1. The first-order valence-electron chi connectivity index (χ1n) is 11.5. The second kappa shape index (κ2) is 13.9. The molecule has 0 aliphatic carbocycles. The van der Waals surface area contributed by atoms with E-state index in [0.717, 1.165) is 28.2 Å². The minimum absolute atomic E-state index is 0.00733. The van der Waals surface area contributed by atoms with Crippen LogP contribution in [0.2, 0.25) is 10.0 Å². The summed E-state index contributed by atoms with van der Waals surface area (Å²) in [5.74, 6) is 0.266. The number of nitrogens with zero attached hydrogens (tertiary/aromatic N) is 2. The van der Waals surface area contributed by atoms with Crippen LogP contribution in [0.3, 0.4) is 0 Å². The Morgan fingerprint density at radius 1 is 1.14 bits per heavy atom. The van der Waals surface area contributed by atoms with E-state index < -0.39 is 5.91 Å². The molecule has 0 unspecified atom stereocenters. The quantitative estimate of drug-likeness (QED) is 0.147. The number of nitriles is 1. The molecular formula is C27H27Cl2N3O2S. The Kier molecular flexibility index (Phi) is 10.6. The van der Waals surface area contributed by atoms with Crippen LogP contribution in [-0.4, -0.2) is 17.5 Å². The molecule has 0 spiro atoms. The molecule has 2 aromatic carbocycles. The van der Waals surface area contributed by atoms with Gasteiger partial charge in [0.25, 0.3) is 5.91 Å². The predicted molar refractivity (Wildman–Crippen MR) is 144 cm³/mol. The van der Waals surface area contributed by atoms with Crippen LogP contribution >= 0.6 is 34.5 Å². The molecule has 0 atom stereocenters. The van der Waals surface area contributed by atoms with Crippen molar-refractivity contribution >= 4 is 51.7 Å². The number of aromatic nitrogens is 1. The van der Waals surface area contributed by atoms with E-state index in [1.165, 1.54) is 37.0 Å². The third kappa shape index (κ3) is 8.70. The molecule has 1 heterocycles. The summed E-state index contributed by atoms with van der Waals surface area (Å²) in [6.45, 7) is 2.88. The van der Waals surface area contributed by atoms with E-state index >= 15 is 0 Å². The molecule has 0 saturated carbocycles. The maximum atomic E-state index is 12.6. The van der Waals surface area contributed by atoms with E-state index in [4.69, 9.17) is 27.9 Å². The smallest absolute Gasteiger partial charge is 0.268 e. The fraction of sp³-hybridized carbons (Fsp3) is 0.296. The Labute approximate surface area is 220 Å². The monoisotopic (exact) mass is 527 g/mol. The van der Waals surface area contributed by atoms with E-state index in [1.807, 2.05) is 36.4 Å². The number of carbonyl (C=O) groups excluding carboxylic acids is 1. The van der Waals surface area contributed by atoms with Gasteiger partial charge in [0.05, 0.1) is 6.61 Å². The molecule has 0 radical (unpaired) electrons. The van der Waals surface area contributed by atoms with Crippen molar-refractivity contribution in [3.05, 3.63) is 80.3 Å². The number of nitrogens with one attached hydrogen (secondary N) is 1. The van der Waals surface area contributed by atoms with Gasteiger partial charge in [-0.2, -0.15) is 5.26 Å². The normalized spacial score (nSPS) is 11.2. The highest BCUT2D eigenvalue weighted by atomic mass is 35.5. The molecule has 1 aromatic heterocycles. The van der Waals surface area contributed by atoms with E-state index in [-0.39, 0.29) is 5.57 Å². The molecule has 0 aliphatic heterocycles. The van der Waals surface area contributed by atoms with Gasteiger partial charge in [0.1, 0.15) is 17.4 Å². The Morgan fingerprint density at radius 3 is 2.63 bits per heavy atom. The number of halogens is 2. The lowest BCUT2D eigenvalue weighted by Gasteiger charge is -2.06. The molecule has 3 aromatic rings. The highest BCUT2D eigenvalue weighted by Gasteiger charge is 2.13. The summed E-state index contributed by atoms with van der Waals surface area (Å²) in [5.41, 5.74) is 1.65. The van der Waals surface area contributed by atoms with E-state index in [9.17, 15) is 10.1 Å². The zero-order chi connectivity index (χ0) is 25.0. The van der Waals surface area contributed by atoms with Gasteiger partial charge in [0, 0.05) is 27.5 Å². The molecule has 8 heteroatoms. The largest absolute Gasteiger partial charge is 0.494 e. The highest BCUT2D eigenvalue weighted by Crippen LogP contribution is 2.27. The Morgan fingerprint density at radius 2 is 1.91 bits per heavy atom. The van der Waals surface area contributed by atoms with Crippen LogP contribution in [0.25, 0.3) is 6.08 Å². The Hall–Kier alpha value is -2.85. The molecule has 0 saturated heterocycles. The summed E-state index contributed by atoms with van der Waals surface area (Å²) < 4.78 is 5.77. The molecule has 0 bridgehead atoms. The van der Waals surface area contributed by atoms with Gasteiger partial charge in [-0.3, -0.25) is 10.1 Å². The topological polar surface area (TPSA) is 75.0 Å². The average molecular weight is 529 g/mol. The third-order valence-electron chi connectivity index (χ3n) is 5.23. The molecule has 1 amide bonds. The summed E-state index contributed by atoms with van der Waals surface area (Å²) >= 11 is 13.5. The van der Waals surface area contributed by atoms with Gasteiger partial charge in [-0.05, 0) is 47.9 Å². The minimum atomic E-state index is -0.509. The lowest BCUT2D eigenvalue weighted by molar-refractivity contribution is -0.112. The van der Waals surface area contributed by atoms with Crippen molar-refractivity contribution in [2.24, 2.45) is 0 Å². The number of hydrogen-bond donors (Lipinski definition) is 1. The van der Waals surface area contributed by atoms with E-state index in [2.05, 4.69) is 17.2 Å². The fourth-order valence-corrected chi connectivity index (χ4v) is 4.64. The molecule has 35 heavy (non-hydrogen) atoms. The molecule has 0 fully saturated rings. The van der Waals surface area contributed by atoms with Gasteiger partial charge in [-0.1, -0.05) is 74.0 Å². The van der Waals surface area contributed by atoms with Crippen molar-refractivity contribution in [3.8, 4) is 11.8 Å². The first-order chi connectivity index (χ1) is 17.0. The van der Waals surface area contributed by atoms with Crippen molar-refractivity contribution in [2.75, 3.05) is 11.9 Å². The van der Waals surface area contributed by atoms with E-state index in [1.54, 1.807) is 24.4 Å². The number of amides is 1. The number of unbranched alkanes of at least 4 members (excludes halogenated alkanes) is 4. The third-order valence-corrected chi connectivity index (χ3v) is 6.73. The first-order valence-corrected chi connectivity index (χ1v) is 13.1. The zero-order valence-electron chi connectivity index (χ0n) is 19.5. The van der Waals surface area contributed by atoms with Crippen molar-refractivity contribution in [1.82, 2.24) is 4.98 Å². The van der Waals surface area contributed by atoms with Gasteiger partial charge in [-0.15, -0.1) is 11.3 Å². The Bertz CT molecular complexity index is 1200. The average Bonchev–Trinajstić information content (AvgIpc) is 3.29. The van der Waals surface area contributed by atoms with Crippen LogP contribution in [0.5, 0.6) is 5.75 Å². The standard InChI is InChI=1S/C27H27Cl2N3O2S/c1-2-3-4-5-6-13-34-23-11-7-19(8-12-23)14-21(17-30)26(33)32-27-31-18-24(35-27)15-20-9-10-22(28)16-25(20)29/h7-12,14,16,18H,2-6,13,15H2,1H3,(H,31,32,33)/b21-14+. The van der Waals surface area contributed by atoms with Crippen LogP contribution in [0, 0.1) is 11.3 Å². The number of benzene rings is 2. The maximum Gasteiger partial charge on any atom is 0.268 e. The SMILES string of the molecule is CCCCCCCOc1ccc(/C=C(\C#N)C(=O)Nc2ncc(Cc3ccc(Cl)cc3Cl)s2)cc1. The molecule has 1 N–H and O–H groups in total. The van der Waals surface area contributed by atoms with Gasteiger partial charge >= 0.3 is 0 Å². The van der Waals surface area contributed by atoms with E-state index in [0.29, 0.717) is 28.2 Å². The summed E-state index contributed by atoms with van der Waals surface area (Å²) in [6, 6.07) is 14.7. The number of anilines is 1. The fourth-order valence-electron chi connectivity index (χ4n) is 3.34. The van der Waals surface area contributed by atoms with Crippen molar-refractivity contribution in [3.63, 3.8) is 0 Å². The maximum absolute atomic E-state index is 12.6. The molecule has 0 aliphatic rings. The second-order valence-corrected chi connectivity index (χ2v) is 9.96. The molecular weight excluding hydrogens is 501 g/mol. The summed E-state index contributed by atoms with van der Waals surface area (Å²) in [6.07, 6.45) is 9.73. The number of rotatable bonds is 12. The Balaban J connectivity index is 1.55. The van der Waals surface area contributed by atoms with Gasteiger partial charge < -0.3 is 4.74 Å². The lowest BCUT2D eigenvalue weighted by atomic mass is 10.1. The van der Waals surface area contributed by atoms with Crippen LogP contribution in [0.4, 0.5) is 5.13 Å². The van der Waals surface area contributed by atoms with Crippen molar-refractivity contribution < 1.29 is 9.53 Å². The van der Waals surface area contributed by atoms with Crippen LogP contribution in [0.1, 0.15) is 55.0 Å². The molecule has 5 nitrogen and oxygen atoms in total. The predicted octanol–water partition coefficient (Wildman–Crippen LogP) is 7.94. The number of carbonyl (C=O) groups is 1. The van der Waals surface area contributed by atoms with Crippen molar-refractivity contribution in [2.45, 2.75) is 45.4 Å². The van der Waals surface area contributed by atoms with Crippen LogP contribution < -0.4 is 10.1 Å². The van der Waals surface area contributed by atoms with Crippen LogP contribution in [0.15, 0.2) is 54.2 Å². The zero-order valence-corrected chi connectivity index (χ0v) is 21.8. The molecule has 182 valence electrons. The number of thiazole rings is 1. The summed E-state index contributed by atoms with van der Waals surface area (Å²) in [4.78, 5) is 17.8. The molecule has 3 rings (SSSR count). The minimum Gasteiger partial charge on any atom is -0.494 e. The number of hydrogen-bond acceptors (Lipinski definition) is 5. The lowest BCUT2D eigenvalue weighted by Crippen LogP contribution is -2.13. The highest BCUT2D eigenvalue weighted by molar-refractivity contribution is 7.15. The summed E-state index contributed by atoms with van der Waals surface area (Å²) in [5, 5.41) is 13.8. The van der Waals surface area contributed by atoms with Gasteiger partial charge in [0.2, 0.25) is 0 Å². The van der Waals surface area contributed by atoms with Crippen LogP contribution in [-0.2, 0) is 11.2 Å². The first kappa shape index (κ1) is 26.7. The van der Waals surface area contributed by atoms with Crippen molar-refractivity contribution in [1.29, 1.82) is 5.26 Å². The van der Waals surface area contributed by atoms with Gasteiger partial charge in [0.15, 0.2) is 5.13 Å². The second-order valence-electron chi connectivity index (χ2n) is 8.00. The van der Waals surface area contributed by atoms with Gasteiger partial charge in [-0.25, -0.2) is 4.98 Å². The summed E-state index contributed by atoms with van der Waals surface area (Å²) in [7, 11) is 0.